The molecule has 0 radical (unpaired) electrons. The van der Waals surface area contributed by atoms with Gasteiger partial charge < -0.3 is 25.6 Å². The van der Waals surface area contributed by atoms with E-state index in [-0.39, 0.29) is 30.3 Å². The van der Waals surface area contributed by atoms with Crippen molar-refractivity contribution in [2.45, 2.75) is 68.4 Å². The number of ether oxygens (including phenoxy) is 1. The van der Waals surface area contributed by atoms with E-state index >= 15 is 0 Å². The lowest BCUT2D eigenvalue weighted by Crippen LogP contribution is -2.67. The lowest BCUT2D eigenvalue weighted by molar-refractivity contribution is -0.151. The van der Waals surface area contributed by atoms with Crippen molar-refractivity contribution in [3.8, 4) is 0 Å². The zero-order valence-corrected chi connectivity index (χ0v) is 26.0. The van der Waals surface area contributed by atoms with Crippen molar-refractivity contribution in [3.05, 3.63) is 88.6 Å². The Balaban J connectivity index is 1.02. The molecule has 3 amide bonds. The van der Waals surface area contributed by atoms with Gasteiger partial charge in [0.2, 0.25) is 17.7 Å². The Morgan fingerprint density at radius 2 is 1.70 bits per heavy atom. The second kappa shape index (κ2) is 11.2. The molecule has 3 spiro atoms. The minimum absolute atomic E-state index is 0.0792. The summed E-state index contributed by atoms with van der Waals surface area (Å²) >= 11 is 0. The van der Waals surface area contributed by atoms with Crippen LogP contribution in [0.2, 0.25) is 0 Å². The van der Waals surface area contributed by atoms with Gasteiger partial charge in [0, 0.05) is 43.3 Å². The van der Waals surface area contributed by atoms with Crippen LogP contribution < -0.4 is 16.0 Å². The number of amides is 3. The first kappa shape index (κ1) is 30.1. The molecule has 47 heavy (non-hydrogen) atoms. The number of nitrogens with one attached hydrogen (secondary N) is 3. The Morgan fingerprint density at radius 1 is 0.957 bits per heavy atom. The third-order valence-electron chi connectivity index (χ3n) is 11.4. The second-order valence-corrected chi connectivity index (χ2v) is 14.0. The summed E-state index contributed by atoms with van der Waals surface area (Å²) in [6, 6.07) is 11.9. The van der Waals surface area contributed by atoms with Gasteiger partial charge in [-0.1, -0.05) is 12.1 Å². The van der Waals surface area contributed by atoms with E-state index in [1.54, 1.807) is 6.20 Å². The van der Waals surface area contributed by atoms with E-state index in [9.17, 15) is 23.2 Å². The van der Waals surface area contributed by atoms with Crippen LogP contribution in [0.3, 0.4) is 0 Å². The van der Waals surface area contributed by atoms with Gasteiger partial charge in [-0.2, -0.15) is 0 Å². The topological polar surface area (TPSA) is 113 Å². The number of hydrogen-bond acceptors (Lipinski definition) is 6. The average Bonchev–Trinajstić information content (AvgIpc) is 3.57. The minimum Gasteiger partial charge on any atom is -0.381 e. The van der Waals surface area contributed by atoms with E-state index in [1.807, 2.05) is 30.3 Å². The lowest BCUT2D eigenvalue weighted by Gasteiger charge is -2.52. The van der Waals surface area contributed by atoms with E-state index in [2.05, 4.69) is 20.9 Å². The fourth-order valence-corrected chi connectivity index (χ4v) is 8.74. The molecule has 1 saturated carbocycles. The summed E-state index contributed by atoms with van der Waals surface area (Å²) < 4.78 is 34.3. The van der Waals surface area contributed by atoms with Crippen LogP contribution in [-0.2, 0) is 37.4 Å². The maximum atomic E-state index is 14.4. The molecule has 3 aromatic rings. The van der Waals surface area contributed by atoms with Crippen LogP contribution in [0.15, 0.2) is 54.7 Å². The molecule has 3 aliphatic heterocycles. The van der Waals surface area contributed by atoms with Crippen LogP contribution in [0.1, 0.15) is 66.8 Å². The summed E-state index contributed by atoms with van der Waals surface area (Å²) in [6.45, 7) is 1.47. The van der Waals surface area contributed by atoms with Gasteiger partial charge in [0.25, 0.3) is 0 Å². The predicted octanol–water partition coefficient (Wildman–Crippen LogP) is 4.57. The summed E-state index contributed by atoms with van der Waals surface area (Å²) in [5.74, 6) is -1.58. The number of pyridine rings is 1. The Bertz CT molecular complexity index is 1760. The minimum atomic E-state index is -0.832. The molecule has 1 aromatic heterocycles. The molecule has 2 saturated heterocycles. The quantitative estimate of drug-likeness (QED) is 0.385. The number of benzene rings is 2. The van der Waals surface area contributed by atoms with Gasteiger partial charge in [-0.3, -0.25) is 14.4 Å². The molecule has 8 rings (SSSR count). The molecule has 244 valence electrons. The van der Waals surface area contributed by atoms with Crippen molar-refractivity contribution in [1.29, 1.82) is 0 Å². The average molecular weight is 642 g/mol. The number of carbonyl (C=O) groups is 3. The molecule has 0 bridgehead atoms. The normalized spacial score (nSPS) is 25.6. The third kappa shape index (κ3) is 5.11. The summed E-state index contributed by atoms with van der Waals surface area (Å²) in [5, 5.41) is 9.34. The van der Waals surface area contributed by atoms with Gasteiger partial charge >= 0.3 is 0 Å². The number of rotatable bonds is 4. The number of nitrogens with zero attached hydrogens (tertiary/aromatic N) is 2. The van der Waals surface area contributed by atoms with Gasteiger partial charge in [-0.25, -0.2) is 13.8 Å². The van der Waals surface area contributed by atoms with E-state index in [0.29, 0.717) is 42.8 Å². The first-order valence-corrected chi connectivity index (χ1v) is 16.5. The fourth-order valence-electron chi connectivity index (χ4n) is 8.74. The van der Waals surface area contributed by atoms with Crippen LogP contribution in [0.25, 0.3) is 0 Å². The van der Waals surface area contributed by atoms with Gasteiger partial charge in [0.05, 0.1) is 17.0 Å². The largest absolute Gasteiger partial charge is 0.381 e. The van der Waals surface area contributed by atoms with E-state index in [4.69, 9.17) is 4.74 Å². The summed E-state index contributed by atoms with van der Waals surface area (Å²) in [6.07, 6.45) is 7.65. The van der Waals surface area contributed by atoms with Gasteiger partial charge in [0.1, 0.15) is 24.0 Å². The maximum Gasteiger partial charge on any atom is 0.244 e. The van der Waals surface area contributed by atoms with Crippen LogP contribution in [-0.4, -0.2) is 59.4 Å². The highest BCUT2D eigenvalue weighted by Gasteiger charge is 2.53. The van der Waals surface area contributed by atoms with Crippen LogP contribution in [0.4, 0.5) is 20.3 Å². The number of fused-ring (bicyclic) bond motifs is 3. The molecule has 4 heterocycles. The van der Waals surface area contributed by atoms with E-state index in [0.717, 1.165) is 61.7 Å². The second-order valence-electron chi connectivity index (χ2n) is 14.0. The summed E-state index contributed by atoms with van der Waals surface area (Å²) in [4.78, 5) is 47.0. The predicted molar refractivity (Wildman–Crippen MR) is 170 cm³/mol. The lowest BCUT2D eigenvalue weighted by atomic mass is 9.63. The Kier molecular flexibility index (Phi) is 7.18. The van der Waals surface area contributed by atoms with Crippen LogP contribution in [0.5, 0.6) is 0 Å². The van der Waals surface area contributed by atoms with E-state index < -0.39 is 34.5 Å². The molecule has 9 nitrogen and oxygen atoms in total. The number of hydrogen-bond donors (Lipinski definition) is 3. The van der Waals surface area contributed by atoms with Crippen molar-refractivity contribution in [2.75, 3.05) is 36.9 Å². The number of halogens is 2. The zero-order valence-electron chi connectivity index (χ0n) is 26.0. The van der Waals surface area contributed by atoms with E-state index in [1.165, 1.54) is 17.0 Å². The zero-order chi connectivity index (χ0) is 32.4. The highest BCUT2D eigenvalue weighted by molar-refractivity contribution is 6.06. The molecule has 5 aliphatic rings. The monoisotopic (exact) mass is 641 g/mol. The fraction of sp³-hybridized carbons (Fsp3) is 0.444. The third-order valence-corrected chi connectivity index (χ3v) is 11.4. The first-order valence-electron chi connectivity index (χ1n) is 16.5. The van der Waals surface area contributed by atoms with Crippen molar-refractivity contribution in [3.63, 3.8) is 0 Å². The molecule has 3 N–H and O–H groups in total. The van der Waals surface area contributed by atoms with Crippen molar-refractivity contribution >= 4 is 29.2 Å². The van der Waals surface area contributed by atoms with Gasteiger partial charge in [0.15, 0.2) is 0 Å². The summed E-state index contributed by atoms with van der Waals surface area (Å²) in [5.41, 5.74) is 2.33. The molecular weight excluding hydrogens is 604 g/mol. The molecule has 2 unspecified atom stereocenters. The Morgan fingerprint density at radius 3 is 2.47 bits per heavy atom. The maximum absolute atomic E-state index is 14.4. The Hall–Kier alpha value is -4.22. The molecular formula is C36H37F2N5O4. The number of anilines is 2. The standard InChI is InChI=1S/C36H37F2N5O4/c37-25-14-23(15-26(38)17-25)29-20-40-36(7-5-34(6-8-36)9-12-47-13-10-34)33(46)43(29)21-30(44)41-27-4-3-22-18-35(19-24(22)16-27)28-2-1-11-39-31(28)42-32(35)45/h1-4,11,14-17,29,40H,5-10,12-13,18-21H2,(H,41,44)(H,39,42,45). The summed E-state index contributed by atoms with van der Waals surface area (Å²) in [7, 11) is 0. The highest BCUT2D eigenvalue weighted by Crippen LogP contribution is 2.50. The van der Waals surface area contributed by atoms with Crippen LogP contribution >= 0.6 is 0 Å². The number of carbonyl (C=O) groups excluding carboxylic acids is 3. The molecule has 2 aromatic carbocycles. The van der Waals surface area contributed by atoms with Crippen molar-refractivity contribution in [2.24, 2.45) is 5.41 Å². The van der Waals surface area contributed by atoms with Gasteiger partial charge in [-0.05, 0) is 104 Å². The van der Waals surface area contributed by atoms with Crippen LogP contribution in [0, 0.1) is 17.0 Å². The van der Waals surface area contributed by atoms with Crippen molar-refractivity contribution in [1.82, 2.24) is 15.2 Å². The molecule has 3 fully saturated rings. The smallest absolute Gasteiger partial charge is 0.244 e. The molecule has 2 aliphatic carbocycles. The van der Waals surface area contributed by atoms with Crippen molar-refractivity contribution < 1.29 is 27.9 Å². The van der Waals surface area contributed by atoms with Gasteiger partial charge in [-0.15, -0.1) is 0 Å². The number of piperazine rings is 1. The molecule has 2 atom stereocenters. The Labute approximate surface area is 271 Å². The number of aromatic nitrogens is 1. The molecule has 11 heteroatoms. The first-order chi connectivity index (χ1) is 22.7. The highest BCUT2D eigenvalue weighted by atomic mass is 19.1. The SMILES string of the molecule is O=C(CN1C(=O)C2(CCC3(CCOCC3)CC2)NCC1c1cc(F)cc(F)c1)Nc1ccc2c(c1)CC1(C2)C(=O)Nc2ncccc21.